The van der Waals surface area contributed by atoms with Gasteiger partial charge in [0.05, 0.1) is 0 Å². The van der Waals surface area contributed by atoms with E-state index in [1.807, 2.05) is 19.1 Å². The molecule has 0 aliphatic carbocycles. The van der Waals surface area contributed by atoms with Gasteiger partial charge in [-0.3, -0.25) is 0 Å². The molecule has 0 radical (unpaired) electrons. The van der Waals surface area contributed by atoms with Gasteiger partial charge >= 0.3 is 0 Å². The van der Waals surface area contributed by atoms with E-state index in [0.29, 0.717) is 0 Å². The van der Waals surface area contributed by atoms with Gasteiger partial charge in [0.15, 0.2) is 0 Å². The predicted molar refractivity (Wildman–Crippen MR) is 86.7 cm³/mol. The van der Waals surface area contributed by atoms with Crippen LogP contribution in [0.15, 0.2) is 24.3 Å². The molecule has 0 saturated heterocycles. The van der Waals surface area contributed by atoms with E-state index in [2.05, 4.69) is 30.9 Å². The van der Waals surface area contributed by atoms with Crippen molar-refractivity contribution in [3.05, 3.63) is 35.4 Å². The Morgan fingerprint density at radius 1 is 0.905 bits per heavy atom. The Morgan fingerprint density at radius 3 is 2.10 bits per heavy atom. The molecule has 0 aliphatic heterocycles. The van der Waals surface area contributed by atoms with Gasteiger partial charge < -0.3 is 9.47 Å². The fraction of sp³-hybridized carbons (Fsp3) is 0.263. The number of hydrogen-bond donors (Lipinski definition) is 0. The molecule has 0 N–H and O–H groups in total. The van der Waals surface area contributed by atoms with Crippen molar-refractivity contribution in [3.8, 4) is 36.2 Å². The van der Waals surface area contributed by atoms with Crippen LogP contribution in [0.4, 0.5) is 0 Å². The first-order valence-electron chi connectivity index (χ1n) is 6.89. The molecule has 106 valence electrons. The van der Waals surface area contributed by atoms with E-state index in [0.717, 1.165) is 39.8 Å². The number of fused-ring (bicyclic) bond motifs is 1. The third-order valence-corrected chi connectivity index (χ3v) is 3.32. The van der Waals surface area contributed by atoms with Gasteiger partial charge in [-0.25, -0.2) is 0 Å². The Hall–Kier alpha value is -2.58. The molecule has 2 aromatic carbocycles. The molecule has 0 unspecified atom stereocenters. The quantitative estimate of drug-likeness (QED) is 0.776. The summed E-state index contributed by atoms with van der Waals surface area (Å²) >= 11 is 0. The van der Waals surface area contributed by atoms with Crippen LogP contribution in [0, 0.1) is 31.6 Å². The minimum atomic E-state index is 0.264. The summed E-state index contributed by atoms with van der Waals surface area (Å²) in [6.07, 6.45) is 11.4. The largest absolute Gasteiger partial charge is 0.481 e. The van der Waals surface area contributed by atoms with E-state index in [1.165, 1.54) is 0 Å². The minimum Gasteiger partial charge on any atom is -0.481 e. The Labute approximate surface area is 126 Å². The van der Waals surface area contributed by atoms with Gasteiger partial charge in [0.25, 0.3) is 0 Å². The average molecular weight is 278 g/mol. The average Bonchev–Trinajstić information content (AvgIpc) is 2.50. The van der Waals surface area contributed by atoms with Crippen LogP contribution in [0.25, 0.3) is 10.8 Å². The molecular formula is C19H18O2. The van der Waals surface area contributed by atoms with Gasteiger partial charge in [-0.15, -0.1) is 12.8 Å². The Morgan fingerprint density at radius 2 is 1.48 bits per heavy atom. The molecule has 21 heavy (non-hydrogen) atoms. The Balaban J connectivity index is 2.50. The molecule has 0 saturated carbocycles. The minimum absolute atomic E-state index is 0.264. The van der Waals surface area contributed by atoms with E-state index in [9.17, 15) is 0 Å². The third-order valence-electron chi connectivity index (χ3n) is 3.32. The predicted octanol–water partition coefficient (Wildman–Crippen LogP) is 3.73. The summed E-state index contributed by atoms with van der Waals surface area (Å²) in [5.41, 5.74) is 2.21. The molecule has 2 heteroatoms. The van der Waals surface area contributed by atoms with Crippen LogP contribution in [0.2, 0.25) is 0 Å². The van der Waals surface area contributed by atoms with Gasteiger partial charge in [-0.05, 0) is 59.5 Å². The standard InChI is InChI=1S/C19H18O2/c1-5-8-20-18-12-17-13-19(21-9-6-2)15(7-3)11-16(17)10-14(18)4/h1-2,10-13H,7-9H2,3-4H3. The lowest BCUT2D eigenvalue weighted by atomic mass is 10.0. The third kappa shape index (κ3) is 3.30. The number of rotatable bonds is 5. The number of ether oxygens (including phenoxy) is 2. The maximum absolute atomic E-state index is 5.63. The van der Waals surface area contributed by atoms with Crippen LogP contribution < -0.4 is 9.47 Å². The van der Waals surface area contributed by atoms with Gasteiger partial charge in [0, 0.05) is 0 Å². The summed E-state index contributed by atoms with van der Waals surface area (Å²) in [6, 6.07) is 8.24. The second-order valence-corrected chi connectivity index (χ2v) is 4.76. The van der Waals surface area contributed by atoms with Crippen LogP contribution in [-0.4, -0.2) is 13.2 Å². The summed E-state index contributed by atoms with van der Waals surface area (Å²) in [5.74, 6) is 6.60. The van der Waals surface area contributed by atoms with Crippen molar-refractivity contribution in [3.63, 3.8) is 0 Å². The number of benzene rings is 2. The monoisotopic (exact) mass is 278 g/mol. The van der Waals surface area contributed by atoms with Crippen LogP contribution in [0.1, 0.15) is 18.1 Å². The highest BCUT2D eigenvalue weighted by Crippen LogP contribution is 2.31. The Kier molecular flexibility index (Phi) is 4.75. The van der Waals surface area contributed by atoms with E-state index in [1.54, 1.807) is 0 Å². The summed E-state index contributed by atoms with van der Waals surface area (Å²) in [6.45, 7) is 4.64. The fourth-order valence-electron chi connectivity index (χ4n) is 2.27. The van der Waals surface area contributed by atoms with Gasteiger partial charge in [0.2, 0.25) is 0 Å². The molecule has 2 rings (SSSR count). The van der Waals surface area contributed by atoms with Crippen LogP contribution in [-0.2, 0) is 6.42 Å². The molecule has 0 spiro atoms. The van der Waals surface area contributed by atoms with Crippen molar-refractivity contribution in [2.24, 2.45) is 0 Å². The van der Waals surface area contributed by atoms with Crippen molar-refractivity contribution in [1.29, 1.82) is 0 Å². The molecule has 2 aromatic rings. The smallest absolute Gasteiger partial charge is 0.148 e. The zero-order valence-electron chi connectivity index (χ0n) is 12.4. The molecule has 0 amide bonds. The van der Waals surface area contributed by atoms with Crippen molar-refractivity contribution >= 4 is 10.8 Å². The highest BCUT2D eigenvalue weighted by Gasteiger charge is 2.08. The van der Waals surface area contributed by atoms with Crippen LogP contribution in [0.5, 0.6) is 11.5 Å². The van der Waals surface area contributed by atoms with Crippen molar-refractivity contribution in [2.45, 2.75) is 20.3 Å². The summed E-state index contributed by atoms with van der Waals surface area (Å²) in [5, 5.41) is 2.21. The first-order chi connectivity index (χ1) is 10.2. The van der Waals surface area contributed by atoms with E-state index in [4.69, 9.17) is 22.3 Å². The van der Waals surface area contributed by atoms with E-state index < -0.39 is 0 Å². The van der Waals surface area contributed by atoms with Gasteiger partial charge in [0.1, 0.15) is 24.7 Å². The SMILES string of the molecule is C#CCOc1cc2cc(OCC#C)c(CC)cc2cc1C. The van der Waals surface area contributed by atoms with Crippen LogP contribution in [0.3, 0.4) is 0 Å². The molecular weight excluding hydrogens is 260 g/mol. The zero-order chi connectivity index (χ0) is 15.2. The number of aryl methyl sites for hydroxylation is 2. The Bertz CT molecular complexity index is 730. The van der Waals surface area contributed by atoms with Gasteiger partial charge in [-0.1, -0.05) is 18.8 Å². The lowest BCUT2D eigenvalue weighted by Crippen LogP contribution is -1.99. The number of hydrogen-bond acceptors (Lipinski definition) is 2. The lowest BCUT2D eigenvalue weighted by molar-refractivity contribution is 0.366. The lowest BCUT2D eigenvalue weighted by Gasteiger charge is -2.13. The summed E-state index contributed by atoms with van der Waals surface area (Å²) in [7, 11) is 0. The fourth-order valence-corrected chi connectivity index (χ4v) is 2.27. The normalized spacial score (nSPS) is 9.90. The van der Waals surface area contributed by atoms with Crippen LogP contribution >= 0.6 is 0 Å². The molecule has 0 bridgehead atoms. The first-order valence-corrected chi connectivity index (χ1v) is 6.89. The molecule has 0 heterocycles. The van der Waals surface area contributed by atoms with E-state index >= 15 is 0 Å². The second kappa shape index (κ2) is 6.73. The molecule has 0 fully saturated rings. The van der Waals surface area contributed by atoms with Crippen molar-refractivity contribution < 1.29 is 9.47 Å². The van der Waals surface area contributed by atoms with Gasteiger partial charge in [-0.2, -0.15) is 0 Å². The summed E-state index contributed by atoms with van der Waals surface area (Å²) in [4.78, 5) is 0. The maximum atomic E-state index is 5.63. The summed E-state index contributed by atoms with van der Waals surface area (Å²) < 4.78 is 11.2. The molecule has 2 nitrogen and oxygen atoms in total. The second-order valence-electron chi connectivity index (χ2n) is 4.76. The maximum Gasteiger partial charge on any atom is 0.148 e. The zero-order valence-corrected chi connectivity index (χ0v) is 12.4. The topological polar surface area (TPSA) is 18.5 Å². The van der Waals surface area contributed by atoms with Crippen molar-refractivity contribution in [1.82, 2.24) is 0 Å². The van der Waals surface area contributed by atoms with E-state index in [-0.39, 0.29) is 13.2 Å². The number of terminal acetylenes is 2. The molecule has 0 aromatic heterocycles. The molecule has 0 aliphatic rings. The van der Waals surface area contributed by atoms with Crippen molar-refractivity contribution in [2.75, 3.05) is 13.2 Å². The highest BCUT2D eigenvalue weighted by atomic mass is 16.5. The highest BCUT2D eigenvalue weighted by molar-refractivity contribution is 5.87. The molecule has 0 atom stereocenters. The first kappa shape index (κ1) is 14.8.